The molecular weight excluding hydrogens is 398 g/mol. The Hall–Kier alpha value is -2.67. The van der Waals surface area contributed by atoms with Gasteiger partial charge in [0.1, 0.15) is 5.75 Å². The Morgan fingerprint density at radius 1 is 1.23 bits per heavy atom. The summed E-state index contributed by atoms with van der Waals surface area (Å²) < 4.78 is 8.16. The summed E-state index contributed by atoms with van der Waals surface area (Å²) in [5.41, 5.74) is 2.93. The molecule has 0 spiro atoms. The predicted molar refractivity (Wildman–Crippen MR) is 103 cm³/mol. The van der Waals surface area contributed by atoms with Gasteiger partial charge in [-0.15, -0.1) is 10.2 Å². The highest BCUT2D eigenvalue weighted by Gasteiger charge is 2.14. The van der Waals surface area contributed by atoms with Gasteiger partial charge >= 0.3 is 5.91 Å². The van der Waals surface area contributed by atoms with E-state index in [0.717, 1.165) is 26.5 Å². The maximum Gasteiger partial charge on any atom is 0.302 e. The van der Waals surface area contributed by atoms with Crippen LogP contribution in [0.1, 0.15) is 11.1 Å². The Bertz CT molecular complexity index is 1000. The number of fused-ring (bicyclic) bond motifs is 1. The van der Waals surface area contributed by atoms with Crippen LogP contribution in [0.4, 0.5) is 5.69 Å². The van der Waals surface area contributed by atoms with Crippen LogP contribution in [0.2, 0.25) is 0 Å². The summed E-state index contributed by atoms with van der Waals surface area (Å²) in [6.07, 6.45) is 0. The second-order valence-corrected chi connectivity index (χ2v) is 6.92. The van der Waals surface area contributed by atoms with E-state index in [0.29, 0.717) is 5.75 Å². The Balaban J connectivity index is 1.76. The number of carbonyl (C=O) groups is 1. The van der Waals surface area contributed by atoms with Crippen LogP contribution in [0, 0.1) is 13.8 Å². The van der Waals surface area contributed by atoms with Crippen LogP contribution >= 0.6 is 15.9 Å². The number of nitrogens with zero attached hydrogens (tertiary/aromatic N) is 3. The molecule has 26 heavy (non-hydrogen) atoms. The normalized spacial score (nSPS) is 11.4. The third-order valence-corrected chi connectivity index (χ3v) is 4.53. The van der Waals surface area contributed by atoms with Crippen molar-refractivity contribution >= 4 is 38.4 Å². The Morgan fingerprint density at radius 2 is 1.88 bits per heavy atom. The van der Waals surface area contributed by atoms with E-state index >= 15 is 0 Å². The number of para-hydroxylation sites is 1. The van der Waals surface area contributed by atoms with Crippen LogP contribution in [0.25, 0.3) is 10.9 Å². The molecule has 0 unspecified atom stereocenters. The highest BCUT2D eigenvalue weighted by molar-refractivity contribution is 9.10. The number of ether oxygens (including phenoxy) is 1. The number of hydrogen-bond acceptors (Lipinski definition) is 4. The molecule has 0 fully saturated rings. The van der Waals surface area contributed by atoms with Crippen molar-refractivity contribution < 1.29 is 14.6 Å². The first-order valence-corrected chi connectivity index (χ1v) is 8.78. The number of rotatable bonds is 4. The number of azo groups is 1. The first kappa shape index (κ1) is 18.1. The molecule has 0 aliphatic rings. The van der Waals surface area contributed by atoms with Gasteiger partial charge < -0.3 is 14.4 Å². The van der Waals surface area contributed by atoms with Gasteiger partial charge in [0, 0.05) is 16.9 Å². The fourth-order valence-corrected chi connectivity index (χ4v) is 3.54. The molecule has 0 aliphatic heterocycles. The standard InChI is InChI=1S/C19H18BrN3O3/c1-11-8-13(20)9-12(2)18(11)26-10-16(24)21-22-17-14-6-4-5-7-15(14)23(3)19(17)25/h4-9,25H,10H2,1-3H3. The summed E-state index contributed by atoms with van der Waals surface area (Å²) in [7, 11) is 1.72. The number of halogens is 1. The molecule has 0 aliphatic carbocycles. The van der Waals surface area contributed by atoms with Crippen LogP contribution in [-0.4, -0.2) is 22.2 Å². The second-order valence-electron chi connectivity index (χ2n) is 6.00. The lowest BCUT2D eigenvalue weighted by molar-refractivity contribution is -0.120. The van der Waals surface area contributed by atoms with E-state index < -0.39 is 5.91 Å². The summed E-state index contributed by atoms with van der Waals surface area (Å²) in [4.78, 5) is 12.1. The third-order valence-electron chi connectivity index (χ3n) is 4.08. The van der Waals surface area contributed by atoms with Gasteiger partial charge in [-0.25, -0.2) is 0 Å². The van der Waals surface area contributed by atoms with Crippen molar-refractivity contribution in [1.82, 2.24) is 4.57 Å². The molecule has 1 N–H and O–H groups in total. The summed E-state index contributed by atoms with van der Waals surface area (Å²) in [5, 5.41) is 18.6. The number of benzene rings is 2. The van der Waals surface area contributed by atoms with E-state index in [-0.39, 0.29) is 18.2 Å². The zero-order valence-corrected chi connectivity index (χ0v) is 16.2. The summed E-state index contributed by atoms with van der Waals surface area (Å²) in [5.74, 6) is 0.0899. The van der Waals surface area contributed by atoms with Gasteiger partial charge in [-0.05, 0) is 43.2 Å². The molecule has 0 bridgehead atoms. The maximum atomic E-state index is 12.1. The van der Waals surface area contributed by atoms with Gasteiger partial charge in [-0.3, -0.25) is 4.79 Å². The van der Waals surface area contributed by atoms with E-state index in [9.17, 15) is 9.90 Å². The second kappa shape index (κ2) is 7.29. The number of aromatic hydroxyl groups is 1. The van der Waals surface area contributed by atoms with Crippen LogP contribution < -0.4 is 4.74 Å². The number of amides is 1. The van der Waals surface area contributed by atoms with E-state index in [1.165, 1.54) is 0 Å². The van der Waals surface area contributed by atoms with E-state index in [1.807, 2.05) is 50.2 Å². The zero-order chi connectivity index (χ0) is 18.8. The fraction of sp³-hybridized carbons (Fsp3) is 0.211. The first-order chi connectivity index (χ1) is 12.4. The van der Waals surface area contributed by atoms with Gasteiger partial charge in [-0.1, -0.05) is 34.1 Å². The molecule has 134 valence electrons. The number of aryl methyl sites for hydroxylation is 3. The average Bonchev–Trinajstić information content (AvgIpc) is 2.83. The maximum absolute atomic E-state index is 12.1. The van der Waals surface area contributed by atoms with Crippen LogP contribution in [0.5, 0.6) is 11.6 Å². The Kier molecular flexibility index (Phi) is 5.08. The molecule has 7 heteroatoms. The smallest absolute Gasteiger partial charge is 0.302 e. The highest BCUT2D eigenvalue weighted by atomic mass is 79.9. The van der Waals surface area contributed by atoms with E-state index in [4.69, 9.17) is 4.74 Å². The molecule has 3 aromatic rings. The molecule has 6 nitrogen and oxygen atoms in total. The quantitative estimate of drug-likeness (QED) is 0.612. The summed E-state index contributed by atoms with van der Waals surface area (Å²) >= 11 is 3.42. The molecule has 0 atom stereocenters. The summed E-state index contributed by atoms with van der Waals surface area (Å²) in [6, 6.07) is 11.2. The lowest BCUT2D eigenvalue weighted by atomic mass is 10.1. The molecule has 3 rings (SSSR count). The van der Waals surface area contributed by atoms with Gasteiger partial charge in [0.2, 0.25) is 5.88 Å². The van der Waals surface area contributed by atoms with Gasteiger partial charge in [0.15, 0.2) is 12.3 Å². The van der Waals surface area contributed by atoms with Crippen molar-refractivity contribution in [1.29, 1.82) is 0 Å². The molecule has 1 heterocycles. The highest BCUT2D eigenvalue weighted by Crippen LogP contribution is 2.37. The van der Waals surface area contributed by atoms with Gasteiger partial charge in [-0.2, -0.15) is 0 Å². The van der Waals surface area contributed by atoms with Crippen LogP contribution in [-0.2, 0) is 11.8 Å². The topological polar surface area (TPSA) is 76.2 Å². The molecule has 1 amide bonds. The van der Waals surface area contributed by atoms with E-state index in [2.05, 4.69) is 26.2 Å². The molecule has 2 aromatic carbocycles. The molecular formula is C19H18BrN3O3. The fourth-order valence-electron chi connectivity index (χ4n) is 2.85. The lowest BCUT2D eigenvalue weighted by Crippen LogP contribution is -2.09. The van der Waals surface area contributed by atoms with Crippen molar-refractivity contribution in [3.63, 3.8) is 0 Å². The molecule has 0 saturated heterocycles. The SMILES string of the molecule is Cc1cc(Br)cc(C)c1OCC(=O)N=Nc1c(O)n(C)c2ccccc12. The van der Waals surface area contributed by atoms with Gasteiger partial charge in [0.05, 0.1) is 5.52 Å². The monoisotopic (exact) mass is 415 g/mol. The molecule has 0 saturated carbocycles. The minimum absolute atomic E-state index is 0.0386. The Morgan fingerprint density at radius 3 is 2.58 bits per heavy atom. The molecule has 0 radical (unpaired) electrons. The third kappa shape index (κ3) is 3.48. The number of hydrogen-bond donors (Lipinski definition) is 1. The number of carbonyl (C=O) groups excluding carboxylic acids is 1. The first-order valence-electron chi connectivity index (χ1n) is 7.99. The van der Waals surface area contributed by atoms with Crippen LogP contribution in [0.3, 0.4) is 0 Å². The van der Waals surface area contributed by atoms with Crippen LogP contribution in [0.15, 0.2) is 51.1 Å². The Labute approximate surface area is 159 Å². The molecule has 1 aromatic heterocycles. The van der Waals surface area contributed by atoms with Crippen molar-refractivity contribution in [2.75, 3.05) is 6.61 Å². The largest absolute Gasteiger partial charge is 0.493 e. The van der Waals surface area contributed by atoms with Crippen molar-refractivity contribution in [2.24, 2.45) is 17.3 Å². The van der Waals surface area contributed by atoms with Gasteiger partial charge in [0.25, 0.3) is 0 Å². The zero-order valence-electron chi connectivity index (χ0n) is 14.7. The van der Waals surface area contributed by atoms with Crippen molar-refractivity contribution in [2.45, 2.75) is 13.8 Å². The predicted octanol–water partition coefficient (Wildman–Crippen LogP) is 4.95. The van der Waals surface area contributed by atoms with Crippen molar-refractivity contribution in [3.05, 3.63) is 52.0 Å². The number of aromatic nitrogens is 1. The lowest BCUT2D eigenvalue weighted by Gasteiger charge is -2.10. The van der Waals surface area contributed by atoms with E-state index in [1.54, 1.807) is 11.6 Å². The van der Waals surface area contributed by atoms with Crippen molar-refractivity contribution in [3.8, 4) is 11.6 Å². The minimum atomic E-state index is -0.529. The summed E-state index contributed by atoms with van der Waals surface area (Å²) in [6.45, 7) is 3.60. The minimum Gasteiger partial charge on any atom is -0.493 e. The average molecular weight is 416 g/mol.